The monoisotopic (exact) mass is 1490 g/mol. The number of amides is 2. The van der Waals surface area contributed by atoms with Crippen LogP contribution in [0.15, 0.2) is 121 Å². The number of ether oxygens (including phenoxy) is 5. The number of esters is 1. The summed E-state index contributed by atoms with van der Waals surface area (Å²) in [6.07, 6.45) is -10.1. The van der Waals surface area contributed by atoms with E-state index < -0.39 is 103 Å². The van der Waals surface area contributed by atoms with Crippen molar-refractivity contribution >= 4 is 99.5 Å². The van der Waals surface area contributed by atoms with Crippen molar-refractivity contribution in [2.24, 2.45) is 0 Å². The van der Waals surface area contributed by atoms with Gasteiger partial charge in [0.05, 0.1) is 69.1 Å². The van der Waals surface area contributed by atoms with E-state index >= 15 is 13.3 Å². The second-order valence-corrected chi connectivity index (χ2v) is 29.9. The number of para-hydroxylation sites is 1. The summed E-state index contributed by atoms with van der Waals surface area (Å²) >= 11 is 0.614. The van der Waals surface area contributed by atoms with Gasteiger partial charge in [-0.1, -0.05) is 59.8 Å². The summed E-state index contributed by atoms with van der Waals surface area (Å²) in [6.45, 7) is -5.12. The Hall–Kier alpha value is -8.80. The normalized spacial score (nSPS) is 23.6. The average Bonchev–Trinajstić information content (AvgIpc) is 1.66. The van der Waals surface area contributed by atoms with E-state index in [0.29, 0.717) is 72.2 Å². The summed E-state index contributed by atoms with van der Waals surface area (Å²) in [5.74, 6) is -0.880. The number of aliphatic hydroxyl groups is 1. The van der Waals surface area contributed by atoms with Crippen LogP contribution in [0.2, 0.25) is 0 Å². The molecular weight excluding hydrogens is 1430 g/mol. The first-order valence-corrected chi connectivity index (χ1v) is 37.7. The van der Waals surface area contributed by atoms with Crippen molar-refractivity contribution in [2.45, 2.75) is 106 Å². The Morgan fingerprint density at radius 1 is 0.806 bits per heavy atom. The van der Waals surface area contributed by atoms with E-state index in [1.807, 2.05) is 48.5 Å². The topological polar surface area (TPSA) is 420 Å². The van der Waals surface area contributed by atoms with Gasteiger partial charge >= 0.3 is 21.5 Å². The Bertz CT molecular complexity index is 4740. The van der Waals surface area contributed by atoms with Crippen LogP contribution in [0.4, 0.5) is 26.2 Å². The maximum Gasteiger partial charge on any atom is 0.389 e. The fraction of sp³-hybridized carbons (Fsp3) is 0.381. The zero-order valence-corrected chi connectivity index (χ0v) is 57.8. The highest BCUT2D eigenvalue weighted by atomic mass is 32.7. The van der Waals surface area contributed by atoms with Gasteiger partial charge in [-0.3, -0.25) is 46.6 Å². The van der Waals surface area contributed by atoms with Gasteiger partial charge in [0.25, 0.3) is 13.0 Å². The zero-order valence-electron chi connectivity index (χ0n) is 54.3. The molecule has 33 nitrogen and oxygen atoms in total. The number of hydrogen-bond donors (Lipinski definition) is 5. The second kappa shape index (κ2) is 32.1. The van der Waals surface area contributed by atoms with Crippen molar-refractivity contribution in [1.29, 1.82) is 0 Å². The SMILES string of the molecule is [B]P1(=O)OC[C@H]2O[C@@H](n3cnc4c(N)ncnc43)[C@H](F)[C@@H]2O[P@@](=O)(SCc2ccc(OC(=O)c3ccc(OCCn4nnc5c4-c4ccccc4N(C(=O)CCCCC(=O)NCCCOCC(O)COP=O)Cc4ccccc4-5)cc3)cc2)OC[C@H]2O[C@@H](n3cnc4c(=O)[nH]c(N)nc43)[C@H](F)[C@@H]2O1. The number of hydrogen-bond acceptors (Lipinski definition) is 28. The molecule has 4 aliphatic rings. The first-order chi connectivity index (χ1) is 49.8. The molecule has 3 saturated heterocycles. The van der Waals surface area contributed by atoms with E-state index in [2.05, 4.69) is 50.1 Å². The molecule has 538 valence electrons. The minimum Gasteiger partial charge on any atom is -0.492 e. The van der Waals surface area contributed by atoms with Crippen molar-refractivity contribution in [3.63, 3.8) is 0 Å². The molecule has 2 unspecified atom stereocenters. The molecule has 0 aliphatic carbocycles. The van der Waals surface area contributed by atoms with Crippen LogP contribution >= 0.6 is 34.3 Å². The maximum atomic E-state index is 17.1. The Labute approximate surface area is 590 Å². The Balaban J connectivity index is 0.637. The number of nitrogen functional groups attached to an aromatic ring is 2. The summed E-state index contributed by atoms with van der Waals surface area (Å²) in [4.78, 5) is 77.5. The Morgan fingerprint density at radius 2 is 1.50 bits per heavy atom. The number of fused-ring (bicyclic) bond motifs is 9. The number of nitrogens with zero attached hydrogens (tertiary/aromatic N) is 11. The minimum absolute atomic E-state index is 0.0125. The molecule has 11 atom stereocenters. The molecule has 13 rings (SSSR count). The third-order valence-corrected chi connectivity index (χ3v) is 21.9. The summed E-state index contributed by atoms with van der Waals surface area (Å²) in [6, 6.07) is 27.7. The molecule has 2 amide bonds. The third kappa shape index (κ3) is 16.6. The number of H-pyrrole nitrogens is 1. The number of benzene rings is 4. The average molecular weight is 1490 g/mol. The van der Waals surface area contributed by atoms with Crippen molar-refractivity contribution in [3.05, 3.63) is 143 Å². The van der Waals surface area contributed by atoms with Gasteiger partial charge in [0.15, 0.2) is 47.4 Å². The van der Waals surface area contributed by atoms with Crippen LogP contribution in [0.1, 0.15) is 66.0 Å². The van der Waals surface area contributed by atoms with Gasteiger partial charge in [0.1, 0.15) is 66.2 Å². The van der Waals surface area contributed by atoms with E-state index in [0.717, 1.165) is 33.9 Å². The number of aromatic nitrogens is 11. The third-order valence-electron chi connectivity index (χ3n) is 17.0. The minimum atomic E-state index is -4.81. The standard InChI is InChI=1S/C63H65BF2N15O18P3S/c64-101(88)93-29-44-55(49(66)60(96-44)79-33-72-51-56(67)70-32-71-57(51)79)99-102(89,94-30-45-54(98-101)48(65)61(97-45)80-34-73-52-58(80)74-63(68)75-59(52)85)103-31-35-14-18-40(19-15-35)95-62(86)36-16-20-39(21-17-36)91-25-23-81-53-42-10-3-4-11-43(42)78(26-37-8-1-2-9-41(37)50(53)76-77-81)47(84)13-6-5-12-46(83)69-22-7-24-90-27-38(82)28-92-100-87/h1-4,8-11,14-21,32-34,38,44-45,48-49,54-55,60-61,82H,5-7,12-13,22-31H2,(H,69,83)(H2,67,70,71)(H3,68,74,75,85)/t38?,44-,45-,48-,49-,54-,55-,60-,61-,101?,102+/m1/s1. The number of halogens is 2. The number of aromatic amines is 1. The quantitative estimate of drug-likeness (QED) is 0.0122. The number of carbonyl (C=O) groups is 3. The van der Waals surface area contributed by atoms with Gasteiger partial charge in [-0.15, -0.1) is 5.10 Å². The molecule has 0 saturated carbocycles. The van der Waals surface area contributed by atoms with Crippen LogP contribution < -0.4 is 36.7 Å². The molecule has 40 heteroatoms. The highest BCUT2D eigenvalue weighted by Gasteiger charge is 2.55. The van der Waals surface area contributed by atoms with Crippen LogP contribution in [0.25, 0.3) is 44.8 Å². The van der Waals surface area contributed by atoms with E-state index in [-0.39, 0.29) is 109 Å². The number of carbonyl (C=O) groups excluding carboxylic acids is 3. The second-order valence-electron chi connectivity index (χ2n) is 23.9. The van der Waals surface area contributed by atoms with E-state index in [9.17, 15) is 33.4 Å². The van der Waals surface area contributed by atoms with Crippen molar-refractivity contribution in [2.75, 3.05) is 62.6 Å². The van der Waals surface area contributed by atoms with E-state index in [4.69, 9.17) is 60.8 Å². The predicted molar refractivity (Wildman–Crippen MR) is 366 cm³/mol. The first kappa shape index (κ1) is 72.6. The fourth-order valence-corrected chi connectivity index (χ4v) is 16.6. The van der Waals surface area contributed by atoms with E-state index in [1.54, 1.807) is 33.8 Å². The molecule has 3 fully saturated rings. The van der Waals surface area contributed by atoms with Crippen LogP contribution in [-0.4, -0.2) is 174 Å². The Morgan fingerprint density at radius 3 is 2.26 bits per heavy atom. The number of aliphatic hydroxyl groups excluding tert-OH is 1. The lowest BCUT2D eigenvalue weighted by atomic mass is 9.95. The van der Waals surface area contributed by atoms with Crippen LogP contribution in [0.3, 0.4) is 0 Å². The largest absolute Gasteiger partial charge is 0.492 e. The molecule has 9 heterocycles. The smallest absolute Gasteiger partial charge is 0.389 e. The molecule has 103 heavy (non-hydrogen) atoms. The highest BCUT2D eigenvalue weighted by molar-refractivity contribution is 8.54. The summed E-state index contributed by atoms with van der Waals surface area (Å²) in [5.41, 5.74) is 15.9. The number of anilines is 3. The number of rotatable bonds is 25. The summed E-state index contributed by atoms with van der Waals surface area (Å²) in [5, 5.41) is 21.8. The zero-order chi connectivity index (χ0) is 71.9. The van der Waals surface area contributed by atoms with Crippen LogP contribution in [0.5, 0.6) is 11.5 Å². The van der Waals surface area contributed by atoms with Gasteiger partial charge in [-0.05, 0) is 84.2 Å². The maximum absolute atomic E-state index is 17.1. The number of unbranched alkanes of at least 4 members (excludes halogenated alkanes) is 1. The molecule has 7 N–H and O–H groups in total. The number of nitrogens with one attached hydrogen (secondary N) is 2. The number of imidazole rings is 2. The molecule has 9 aromatic rings. The molecule has 5 aromatic heterocycles. The van der Waals surface area contributed by atoms with Gasteiger partial charge < -0.3 is 59.5 Å². The number of nitrogens with two attached hydrogens (primary N) is 2. The first-order valence-electron chi connectivity index (χ1n) is 32.3. The van der Waals surface area contributed by atoms with Gasteiger partial charge in [-0.25, -0.2) is 47.3 Å². The number of alkyl halides is 2. The molecule has 0 spiro atoms. The van der Waals surface area contributed by atoms with Crippen LogP contribution in [0, 0.1) is 0 Å². The molecule has 2 radical (unpaired) electrons. The van der Waals surface area contributed by atoms with Gasteiger partial charge in [0.2, 0.25) is 25.3 Å². The van der Waals surface area contributed by atoms with Crippen molar-refractivity contribution in [1.82, 2.24) is 59.3 Å². The van der Waals surface area contributed by atoms with E-state index in [1.165, 1.54) is 35.2 Å². The highest BCUT2D eigenvalue weighted by Crippen LogP contribution is 2.65. The lowest BCUT2D eigenvalue weighted by Crippen LogP contribution is -2.37. The lowest BCUT2D eigenvalue weighted by Gasteiger charge is -2.30. The Kier molecular flexibility index (Phi) is 22.6. The lowest BCUT2D eigenvalue weighted by molar-refractivity contribution is -0.122. The summed E-state index contributed by atoms with van der Waals surface area (Å²) < 4.78 is 135. The molecule has 0 bridgehead atoms. The van der Waals surface area contributed by atoms with Crippen molar-refractivity contribution < 1.29 is 88.3 Å². The predicted octanol–water partition coefficient (Wildman–Crippen LogP) is 7.47. The van der Waals surface area contributed by atoms with Gasteiger partial charge in [-0.2, -0.15) is 4.98 Å². The fourth-order valence-electron chi connectivity index (χ4n) is 12.0. The molecular formula is C63H65BF2N15O18P3S. The van der Waals surface area contributed by atoms with Crippen LogP contribution in [-0.2, 0) is 79.0 Å². The van der Waals surface area contributed by atoms with Gasteiger partial charge in [0, 0.05) is 42.9 Å². The molecule has 4 aromatic carbocycles. The molecule has 4 aliphatic heterocycles. The summed E-state index contributed by atoms with van der Waals surface area (Å²) in [7, 11) is 0.728. The van der Waals surface area contributed by atoms with Crippen molar-refractivity contribution in [3.8, 4) is 34.0 Å².